The van der Waals surface area contributed by atoms with Crippen molar-refractivity contribution in [2.75, 3.05) is 39.8 Å². The van der Waals surface area contributed by atoms with Gasteiger partial charge in [0.1, 0.15) is 0 Å². The number of likely N-dealkylation sites (N-methyl/N-ethyl adjacent to an activating group) is 1. The molecule has 29 heavy (non-hydrogen) atoms. The van der Waals surface area contributed by atoms with Gasteiger partial charge in [-0.05, 0) is 36.9 Å². The van der Waals surface area contributed by atoms with Crippen LogP contribution in [0, 0.1) is 0 Å². The SMILES string of the molecule is C=CCN(Cc1ccc(C(=O)N2CCN(C)CC2)cc1)S(=O)(=O)c1ccccc1. The number of benzene rings is 2. The van der Waals surface area contributed by atoms with E-state index in [4.69, 9.17) is 0 Å². The maximum absolute atomic E-state index is 12.9. The summed E-state index contributed by atoms with van der Waals surface area (Å²) < 4.78 is 27.3. The van der Waals surface area contributed by atoms with Crippen molar-refractivity contribution in [2.24, 2.45) is 0 Å². The van der Waals surface area contributed by atoms with E-state index in [1.807, 2.05) is 17.0 Å². The van der Waals surface area contributed by atoms with E-state index < -0.39 is 10.0 Å². The lowest BCUT2D eigenvalue weighted by Crippen LogP contribution is -2.47. The summed E-state index contributed by atoms with van der Waals surface area (Å²) in [6, 6.07) is 15.6. The van der Waals surface area contributed by atoms with Crippen molar-refractivity contribution in [1.82, 2.24) is 14.1 Å². The number of hydrogen-bond acceptors (Lipinski definition) is 4. The van der Waals surface area contributed by atoms with Crippen LogP contribution < -0.4 is 0 Å². The van der Waals surface area contributed by atoms with Gasteiger partial charge < -0.3 is 9.80 Å². The average Bonchev–Trinajstić information content (AvgIpc) is 2.74. The Morgan fingerprint density at radius 3 is 2.24 bits per heavy atom. The highest BCUT2D eigenvalue weighted by Gasteiger charge is 2.24. The molecule has 0 bridgehead atoms. The van der Waals surface area contributed by atoms with Gasteiger partial charge in [-0.15, -0.1) is 6.58 Å². The molecule has 0 unspecified atom stereocenters. The van der Waals surface area contributed by atoms with Crippen LogP contribution in [0.5, 0.6) is 0 Å². The van der Waals surface area contributed by atoms with Gasteiger partial charge in [0.15, 0.2) is 0 Å². The van der Waals surface area contributed by atoms with Crippen molar-refractivity contribution >= 4 is 15.9 Å². The lowest BCUT2D eigenvalue weighted by molar-refractivity contribution is 0.0664. The zero-order valence-electron chi connectivity index (χ0n) is 16.7. The molecular formula is C22H27N3O3S. The molecule has 154 valence electrons. The molecule has 0 radical (unpaired) electrons. The first-order valence-electron chi connectivity index (χ1n) is 9.64. The minimum absolute atomic E-state index is 0.0181. The fraction of sp³-hybridized carbons (Fsp3) is 0.318. The number of piperazine rings is 1. The first kappa shape index (κ1) is 21.2. The molecule has 0 aliphatic carbocycles. The molecule has 2 aromatic rings. The number of rotatable bonds is 7. The number of hydrogen-bond donors (Lipinski definition) is 0. The number of carbonyl (C=O) groups excluding carboxylic acids is 1. The van der Waals surface area contributed by atoms with Crippen molar-refractivity contribution in [3.63, 3.8) is 0 Å². The zero-order valence-corrected chi connectivity index (χ0v) is 17.5. The Morgan fingerprint density at radius 1 is 1.03 bits per heavy atom. The summed E-state index contributed by atoms with van der Waals surface area (Å²) in [5.41, 5.74) is 1.45. The molecule has 1 amide bonds. The number of sulfonamides is 1. The van der Waals surface area contributed by atoms with Gasteiger partial charge in [-0.1, -0.05) is 36.4 Å². The van der Waals surface area contributed by atoms with E-state index in [0.717, 1.165) is 31.7 Å². The third-order valence-electron chi connectivity index (χ3n) is 5.06. The number of amides is 1. The van der Waals surface area contributed by atoms with E-state index in [9.17, 15) is 13.2 Å². The monoisotopic (exact) mass is 413 g/mol. The van der Waals surface area contributed by atoms with Crippen LogP contribution in [0.15, 0.2) is 72.1 Å². The average molecular weight is 414 g/mol. The summed E-state index contributed by atoms with van der Waals surface area (Å²) in [5, 5.41) is 0. The molecule has 0 aromatic heterocycles. The Labute approximate surface area is 173 Å². The van der Waals surface area contributed by atoms with Crippen LogP contribution in [0.3, 0.4) is 0 Å². The number of carbonyl (C=O) groups is 1. The third kappa shape index (κ3) is 5.12. The van der Waals surface area contributed by atoms with Gasteiger partial charge in [-0.25, -0.2) is 8.42 Å². The molecule has 2 aromatic carbocycles. The van der Waals surface area contributed by atoms with E-state index >= 15 is 0 Å². The van der Waals surface area contributed by atoms with Crippen molar-refractivity contribution < 1.29 is 13.2 Å². The molecule has 1 aliphatic heterocycles. The van der Waals surface area contributed by atoms with Crippen LogP contribution in [-0.2, 0) is 16.6 Å². The molecule has 3 rings (SSSR count). The highest BCUT2D eigenvalue weighted by atomic mass is 32.2. The Morgan fingerprint density at radius 2 is 1.66 bits per heavy atom. The second-order valence-corrected chi connectivity index (χ2v) is 9.13. The normalized spacial score (nSPS) is 15.4. The standard InChI is InChI=1S/C22H27N3O3S/c1-3-13-25(29(27,28)21-7-5-4-6-8-21)18-19-9-11-20(12-10-19)22(26)24-16-14-23(2)15-17-24/h3-12H,1,13-18H2,2H3. The molecule has 1 saturated heterocycles. The minimum Gasteiger partial charge on any atom is -0.336 e. The van der Waals surface area contributed by atoms with E-state index in [2.05, 4.69) is 18.5 Å². The summed E-state index contributed by atoms with van der Waals surface area (Å²) >= 11 is 0. The highest BCUT2D eigenvalue weighted by Crippen LogP contribution is 2.19. The fourth-order valence-electron chi connectivity index (χ4n) is 3.28. The van der Waals surface area contributed by atoms with Crippen LogP contribution in [0.2, 0.25) is 0 Å². The fourth-order valence-corrected chi connectivity index (χ4v) is 4.70. The van der Waals surface area contributed by atoms with Gasteiger partial charge >= 0.3 is 0 Å². The molecule has 6 nitrogen and oxygen atoms in total. The number of nitrogens with zero attached hydrogens (tertiary/aromatic N) is 3. The summed E-state index contributed by atoms with van der Waals surface area (Å²) in [5.74, 6) is 0.0181. The predicted octanol–water partition coefficient (Wildman–Crippen LogP) is 2.45. The molecule has 7 heteroatoms. The molecule has 0 N–H and O–H groups in total. The van der Waals surface area contributed by atoms with Gasteiger partial charge in [-0.3, -0.25) is 4.79 Å². The lowest BCUT2D eigenvalue weighted by Gasteiger charge is -2.32. The van der Waals surface area contributed by atoms with Gasteiger partial charge in [0.05, 0.1) is 4.90 Å². The molecular weight excluding hydrogens is 386 g/mol. The van der Waals surface area contributed by atoms with E-state index in [-0.39, 0.29) is 23.9 Å². The van der Waals surface area contributed by atoms with Crippen LogP contribution in [0.4, 0.5) is 0 Å². The predicted molar refractivity (Wildman–Crippen MR) is 114 cm³/mol. The Kier molecular flexibility index (Phi) is 6.84. The van der Waals surface area contributed by atoms with Crippen molar-refractivity contribution in [3.05, 3.63) is 78.4 Å². The Balaban J connectivity index is 1.73. The summed E-state index contributed by atoms with van der Waals surface area (Å²) in [6.07, 6.45) is 1.58. The first-order chi connectivity index (χ1) is 13.9. The van der Waals surface area contributed by atoms with Crippen molar-refractivity contribution in [2.45, 2.75) is 11.4 Å². The minimum atomic E-state index is -3.63. The Bertz CT molecular complexity index is 935. The maximum Gasteiger partial charge on any atom is 0.253 e. The second kappa shape index (κ2) is 9.35. The van der Waals surface area contributed by atoms with E-state index in [1.165, 1.54) is 4.31 Å². The van der Waals surface area contributed by atoms with Gasteiger partial charge in [0.2, 0.25) is 10.0 Å². The lowest BCUT2D eigenvalue weighted by atomic mass is 10.1. The quantitative estimate of drug-likeness (QED) is 0.654. The van der Waals surface area contributed by atoms with Gasteiger partial charge in [0.25, 0.3) is 5.91 Å². The smallest absolute Gasteiger partial charge is 0.253 e. The molecule has 1 fully saturated rings. The summed E-state index contributed by atoms with van der Waals surface area (Å²) in [6.45, 7) is 7.29. The molecule has 0 atom stereocenters. The molecule has 0 spiro atoms. The summed E-state index contributed by atoms with van der Waals surface area (Å²) in [4.78, 5) is 17.0. The maximum atomic E-state index is 12.9. The molecule has 1 aliphatic rings. The van der Waals surface area contributed by atoms with Crippen LogP contribution in [-0.4, -0.2) is 68.2 Å². The largest absolute Gasteiger partial charge is 0.336 e. The second-order valence-electron chi connectivity index (χ2n) is 7.19. The first-order valence-corrected chi connectivity index (χ1v) is 11.1. The molecule has 0 saturated carbocycles. The van der Waals surface area contributed by atoms with Crippen LogP contribution in [0.25, 0.3) is 0 Å². The van der Waals surface area contributed by atoms with E-state index in [1.54, 1.807) is 48.5 Å². The molecule has 1 heterocycles. The van der Waals surface area contributed by atoms with E-state index in [0.29, 0.717) is 5.56 Å². The van der Waals surface area contributed by atoms with Gasteiger partial charge in [-0.2, -0.15) is 4.31 Å². The third-order valence-corrected chi connectivity index (χ3v) is 6.89. The zero-order chi connectivity index (χ0) is 20.9. The van der Waals surface area contributed by atoms with Crippen molar-refractivity contribution in [3.8, 4) is 0 Å². The summed E-state index contributed by atoms with van der Waals surface area (Å²) in [7, 11) is -1.58. The van der Waals surface area contributed by atoms with Crippen LogP contribution >= 0.6 is 0 Å². The van der Waals surface area contributed by atoms with Crippen molar-refractivity contribution in [1.29, 1.82) is 0 Å². The Hall–Kier alpha value is -2.48. The van der Waals surface area contributed by atoms with Crippen LogP contribution in [0.1, 0.15) is 15.9 Å². The topological polar surface area (TPSA) is 60.9 Å². The highest BCUT2D eigenvalue weighted by molar-refractivity contribution is 7.89. The van der Waals surface area contributed by atoms with Gasteiger partial charge in [0, 0.05) is 44.8 Å².